The molecule has 2 saturated heterocycles. The van der Waals surface area contributed by atoms with Crippen LogP contribution in [0, 0.1) is 17.3 Å². The quantitative estimate of drug-likeness (QED) is 0.122. The van der Waals surface area contributed by atoms with Gasteiger partial charge in [0.1, 0.15) is 5.78 Å². The number of methoxy groups -OCH3 is 1. The molecule has 3 aliphatic rings. The first-order chi connectivity index (χ1) is 19.7. The summed E-state index contributed by atoms with van der Waals surface area (Å²) in [4.78, 5) is 24.8. The minimum Gasteiger partial charge on any atom is -0.469 e. The maximum atomic E-state index is 13.3. The zero-order valence-corrected chi connectivity index (χ0v) is 26.0. The van der Waals surface area contributed by atoms with Gasteiger partial charge < -0.3 is 28.8 Å². The molecule has 3 fully saturated rings. The van der Waals surface area contributed by atoms with E-state index in [0.29, 0.717) is 19.4 Å². The molecule has 0 bridgehead atoms. The lowest BCUT2D eigenvalue weighted by Gasteiger charge is -2.36. The molecule has 0 amide bonds. The molecule has 2 heterocycles. The van der Waals surface area contributed by atoms with Crippen LogP contribution in [0.2, 0.25) is 0 Å². The molecule has 0 aromatic carbocycles. The zero-order chi connectivity index (χ0) is 29.7. The second-order valence-electron chi connectivity index (χ2n) is 12.9. The first-order valence-corrected chi connectivity index (χ1v) is 16.2. The van der Waals surface area contributed by atoms with Gasteiger partial charge in [0.2, 0.25) is 0 Å². The Hall–Kier alpha value is -1.32. The van der Waals surface area contributed by atoms with Crippen molar-refractivity contribution in [1.29, 1.82) is 0 Å². The maximum absolute atomic E-state index is 13.3. The fraction of sp³-hybridized carbons (Fsp3) is 0.879. The molecular weight excluding hydrogens is 524 g/mol. The van der Waals surface area contributed by atoms with Gasteiger partial charge in [0.25, 0.3) is 0 Å². The zero-order valence-electron chi connectivity index (χ0n) is 26.0. The summed E-state index contributed by atoms with van der Waals surface area (Å²) in [5, 5.41) is 10.2. The van der Waals surface area contributed by atoms with Crippen LogP contribution < -0.4 is 0 Å². The molecule has 1 N–H and O–H groups in total. The van der Waals surface area contributed by atoms with Gasteiger partial charge in [-0.3, -0.25) is 9.59 Å². The van der Waals surface area contributed by atoms with Crippen molar-refractivity contribution in [3.05, 3.63) is 12.2 Å². The molecule has 8 nitrogen and oxygen atoms in total. The molecule has 3 unspecified atom stereocenters. The third-order valence-corrected chi connectivity index (χ3v) is 9.00. The Morgan fingerprint density at radius 2 is 1.78 bits per heavy atom. The Morgan fingerprint density at radius 3 is 2.41 bits per heavy atom. The molecule has 1 saturated carbocycles. The number of ketones is 1. The lowest BCUT2D eigenvalue weighted by molar-refractivity contribution is -0.198. The average molecular weight is 581 g/mol. The van der Waals surface area contributed by atoms with Gasteiger partial charge in [0, 0.05) is 31.5 Å². The first-order valence-electron chi connectivity index (χ1n) is 16.2. The van der Waals surface area contributed by atoms with E-state index in [1.165, 1.54) is 7.11 Å². The highest BCUT2D eigenvalue weighted by Gasteiger charge is 2.43. The number of aliphatic hydroxyl groups is 1. The lowest BCUT2D eigenvalue weighted by atomic mass is 9.80. The Morgan fingerprint density at radius 1 is 1.07 bits per heavy atom. The van der Waals surface area contributed by atoms with Crippen LogP contribution in [0.4, 0.5) is 0 Å². The van der Waals surface area contributed by atoms with Gasteiger partial charge in [0.15, 0.2) is 12.6 Å². The van der Waals surface area contributed by atoms with E-state index in [1.54, 1.807) is 0 Å². The third kappa shape index (κ3) is 11.4. The number of ether oxygens (including phenoxy) is 5. The SMILES string of the molecule is CCCCC(C)(C)[C@@H](C=C[C@H]1[C@H](OC2CCCCO2)CC(=O)[C@@H]1CCCCC(O)CC(=O)OC)OC1CCCCO1. The van der Waals surface area contributed by atoms with Crippen molar-refractivity contribution in [2.75, 3.05) is 20.3 Å². The summed E-state index contributed by atoms with van der Waals surface area (Å²) in [6, 6.07) is 0. The summed E-state index contributed by atoms with van der Waals surface area (Å²) < 4.78 is 29.5. The van der Waals surface area contributed by atoms with Crippen molar-refractivity contribution >= 4 is 11.8 Å². The third-order valence-electron chi connectivity index (χ3n) is 9.00. The number of Topliss-reactive ketones (excluding diaryl/α,β-unsaturated/α-hetero) is 1. The molecule has 0 spiro atoms. The van der Waals surface area contributed by atoms with Crippen molar-refractivity contribution < 1.29 is 38.4 Å². The number of esters is 1. The molecule has 0 radical (unpaired) electrons. The van der Waals surface area contributed by atoms with Crippen molar-refractivity contribution in [3.8, 4) is 0 Å². The second kappa shape index (κ2) is 17.7. The van der Waals surface area contributed by atoms with Crippen LogP contribution >= 0.6 is 0 Å². The number of carbonyl (C=O) groups is 2. The van der Waals surface area contributed by atoms with Crippen LogP contribution in [-0.4, -0.2) is 68.1 Å². The van der Waals surface area contributed by atoms with Gasteiger partial charge in [-0.1, -0.05) is 58.6 Å². The maximum Gasteiger partial charge on any atom is 0.308 e. The minimum absolute atomic E-state index is 0.00143. The van der Waals surface area contributed by atoms with E-state index >= 15 is 0 Å². The molecule has 0 aromatic heterocycles. The van der Waals surface area contributed by atoms with Crippen molar-refractivity contribution in [2.24, 2.45) is 17.3 Å². The molecule has 3 rings (SSSR count). The Kier molecular flexibility index (Phi) is 14.8. The summed E-state index contributed by atoms with van der Waals surface area (Å²) in [5.41, 5.74) is -0.0793. The molecule has 0 aromatic rings. The summed E-state index contributed by atoms with van der Waals surface area (Å²) in [6.07, 6.45) is 15.4. The van der Waals surface area contributed by atoms with E-state index in [-0.39, 0.29) is 54.2 Å². The van der Waals surface area contributed by atoms with E-state index in [0.717, 1.165) is 83.7 Å². The molecule has 2 aliphatic heterocycles. The molecule has 1 aliphatic carbocycles. The summed E-state index contributed by atoms with van der Waals surface area (Å²) in [5.74, 6) is -0.388. The van der Waals surface area contributed by atoms with Gasteiger partial charge in [-0.25, -0.2) is 0 Å². The number of carbonyl (C=O) groups excluding carboxylic acids is 2. The van der Waals surface area contributed by atoms with E-state index < -0.39 is 12.1 Å². The minimum atomic E-state index is -0.720. The summed E-state index contributed by atoms with van der Waals surface area (Å²) in [6.45, 7) is 8.18. The smallest absolute Gasteiger partial charge is 0.308 e. The normalized spacial score (nSPS) is 29.1. The van der Waals surface area contributed by atoms with Crippen LogP contribution in [0.15, 0.2) is 12.2 Å². The van der Waals surface area contributed by atoms with E-state index in [1.807, 2.05) is 0 Å². The average Bonchev–Trinajstić information content (AvgIpc) is 3.26. The van der Waals surface area contributed by atoms with Crippen molar-refractivity contribution in [3.63, 3.8) is 0 Å². The van der Waals surface area contributed by atoms with E-state index in [9.17, 15) is 14.7 Å². The number of unbranched alkanes of at least 4 members (excludes halogenated alkanes) is 2. The molecule has 7 atom stereocenters. The molecule has 8 heteroatoms. The van der Waals surface area contributed by atoms with Crippen molar-refractivity contribution in [1.82, 2.24) is 0 Å². The van der Waals surface area contributed by atoms with Gasteiger partial charge in [-0.2, -0.15) is 0 Å². The number of aliphatic hydroxyl groups excluding tert-OH is 1. The van der Waals surface area contributed by atoms with Gasteiger partial charge in [0.05, 0.1) is 31.8 Å². The fourth-order valence-corrected chi connectivity index (χ4v) is 6.32. The first kappa shape index (κ1) is 34.2. The van der Waals surface area contributed by atoms with Gasteiger partial charge in [-0.05, 0) is 63.2 Å². The second-order valence-corrected chi connectivity index (χ2v) is 12.9. The highest BCUT2D eigenvalue weighted by molar-refractivity contribution is 5.84. The number of rotatable bonds is 17. The van der Waals surface area contributed by atoms with Crippen LogP contribution in [0.25, 0.3) is 0 Å². The van der Waals surface area contributed by atoms with Gasteiger partial charge >= 0.3 is 5.97 Å². The van der Waals surface area contributed by atoms with Crippen molar-refractivity contribution in [2.45, 2.75) is 148 Å². The Balaban J connectivity index is 1.72. The number of hydrogen-bond donors (Lipinski definition) is 1. The molecule has 236 valence electrons. The van der Waals surface area contributed by atoms with Crippen LogP contribution in [0.1, 0.15) is 117 Å². The lowest BCUT2D eigenvalue weighted by Crippen LogP contribution is -2.37. The van der Waals surface area contributed by atoms with Gasteiger partial charge in [-0.15, -0.1) is 0 Å². The standard InChI is InChI=1S/C33H56O8/c1-5-6-19-33(2,3)29(41-32-16-10-12-21-39-32)18-17-26-25(14-8-7-13-24(34)22-30(36)37-4)27(35)23-28(26)40-31-15-9-11-20-38-31/h17-18,24-26,28-29,31-32,34H,5-16,19-23H2,1-4H3/t24?,25-,26-,28-,29-,31?,32?/m1/s1. The monoisotopic (exact) mass is 580 g/mol. The highest BCUT2D eigenvalue weighted by Crippen LogP contribution is 2.39. The van der Waals surface area contributed by atoms with E-state index in [2.05, 4.69) is 37.7 Å². The summed E-state index contributed by atoms with van der Waals surface area (Å²) >= 11 is 0. The largest absolute Gasteiger partial charge is 0.469 e. The Bertz CT molecular complexity index is 799. The highest BCUT2D eigenvalue weighted by atomic mass is 16.7. The molecule has 41 heavy (non-hydrogen) atoms. The fourth-order valence-electron chi connectivity index (χ4n) is 6.32. The van der Waals surface area contributed by atoms with Crippen LogP contribution in [-0.2, 0) is 33.3 Å². The van der Waals surface area contributed by atoms with E-state index in [4.69, 9.17) is 18.9 Å². The van der Waals surface area contributed by atoms with Crippen LogP contribution in [0.5, 0.6) is 0 Å². The molecular formula is C33H56O8. The summed E-state index contributed by atoms with van der Waals surface area (Å²) in [7, 11) is 1.33. The predicted molar refractivity (Wildman–Crippen MR) is 157 cm³/mol. The Labute approximate surface area is 247 Å². The predicted octanol–water partition coefficient (Wildman–Crippen LogP) is 6.27. The van der Waals surface area contributed by atoms with Crippen LogP contribution in [0.3, 0.4) is 0 Å². The number of hydrogen-bond acceptors (Lipinski definition) is 8. The topological polar surface area (TPSA) is 101 Å².